The topological polar surface area (TPSA) is 36.0 Å². The molecular weight excluding hydrogens is 388 g/mol. The number of hydrogen-bond acceptors (Lipinski definition) is 4. The molecule has 0 radical (unpaired) electrons. The molecule has 2 heterocycles. The number of piperazine rings is 1. The van der Waals surface area contributed by atoms with E-state index in [1.165, 1.54) is 18.2 Å². The third-order valence-electron chi connectivity index (χ3n) is 5.83. The molecule has 2 saturated heterocycles. The fourth-order valence-corrected chi connectivity index (χ4v) is 4.04. The summed E-state index contributed by atoms with van der Waals surface area (Å²) in [5, 5.41) is 0. The molecule has 30 heavy (non-hydrogen) atoms. The van der Waals surface area contributed by atoms with Crippen LogP contribution in [0.15, 0.2) is 48.5 Å². The van der Waals surface area contributed by atoms with E-state index in [0.717, 1.165) is 18.7 Å². The van der Waals surface area contributed by atoms with E-state index in [1.807, 2.05) is 17.0 Å². The third kappa shape index (κ3) is 5.22. The van der Waals surface area contributed by atoms with Crippen LogP contribution in [-0.2, 0) is 16.1 Å². The average Bonchev–Trinajstić information content (AvgIpc) is 2.76. The number of rotatable bonds is 5. The van der Waals surface area contributed by atoms with Crippen LogP contribution < -0.4 is 0 Å². The van der Waals surface area contributed by atoms with Crippen LogP contribution in [-0.4, -0.2) is 73.0 Å². The van der Waals surface area contributed by atoms with E-state index in [1.54, 1.807) is 18.2 Å². The zero-order chi connectivity index (χ0) is 20.9. The summed E-state index contributed by atoms with van der Waals surface area (Å²) >= 11 is 0. The molecule has 7 heteroatoms. The molecule has 2 aliphatic rings. The van der Waals surface area contributed by atoms with Gasteiger partial charge in [0.1, 0.15) is 11.6 Å². The quantitative estimate of drug-likeness (QED) is 0.753. The molecule has 1 unspecified atom stereocenters. The summed E-state index contributed by atoms with van der Waals surface area (Å²) in [5.41, 5.74) is 1.62. The Balaban J connectivity index is 1.25. The summed E-state index contributed by atoms with van der Waals surface area (Å²) in [6.07, 6.45) is -0.148. The highest BCUT2D eigenvalue weighted by Crippen LogP contribution is 2.22. The molecule has 2 fully saturated rings. The van der Waals surface area contributed by atoms with Gasteiger partial charge >= 0.3 is 0 Å². The highest BCUT2D eigenvalue weighted by Gasteiger charge is 2.27. The molecule has 2 aromatic rings. The number of benzene rings is 2. The lowest BCUT2D eigenvalue weighted by atomic mass is 10.1. The second kappa shape index (κ2) is 9.64. The van der Waals surface area contributed by atoms with Crippen LogP contribution in [0, 0.1) is 11.6 Å². The number of ether oxygens (including phenoxy) is 1. The molecule has 4 rings (SSSR count). The van der Waals surface area contributed by atoms with Gasteiger partial charge < -0.3 is 9.64 Å². The summed E-state index contributed by atoms with van der Waals surface area (Å²) in [4.78, 5) is 19.0. The van der Waals surface area contributed by atoms with Gasteiger partial charge in [0.05, 0.1) is 19.3 Å². The van der Waals surface area contributed by atoms with Crippen molar-refractivity contribution >= 4 is 5.91 Å². The zero-order valence-electron chi connectivity index (χ0n) is 17.0. The molecule has 1 atom stereocenters. The molecule has 0 N–H and O–H groups in total. The van der Waals surface area contributed by atoms with Crippen molar-refractivity contribution in [2.75, 3.05) is 52.4 Å². The molecule has 5 nitrogen and oxygen atoms in total. The van der Waals surface area contributed by atoms with Crippen LogP contribution in [0.25, 0.3) is 0 Å². The summed E-state index contributed by atoms with van der Waals surface area (Å²) < 4.78 is 32.8. The highest BCUT2D eigenvalue weighted by molar-refractivity contribution is 5.78. The van der Waals surface area contributed by atoms with E-state index in [0.29, 0.717) is 51.4 Å². The number of nitrogens with zero attached hydrogens (tertiary/aromatic N) is 3. The normalized spacial score (nSPS) is 21.0. The Morgan fingerprint density at radius 1 is 0.933 bits per heavy atom. The maximum atomic E-state index is 13.9. The molecule has 0 aromatic heterocycles. The van der Waals surface area contributed by atoms with E-state index >= 15 is 0 Å². The molecule has 0 aliphatic carbocycles. The predicted octanol–water partition coefficient (Wildman–Crippen LogP) is 2.68. The Bertz CT molecular complexity index is 854. The monoisotopic (exact) mass is 415 g/mol. The first kappa shape index (κ1) is 20.9. The van der Waals surface area contributed by atoms with Crippen LogP contribution in [0.5, 0.6) is 0 Å². The largest absolute Gasteiger partial charge is 0.371 e. The lowest BCUT2D eigenvalue weighted by Crippen LogP contribution is -2.52. The van der Waals surface area contributed by atoms with Crippen LogP contribution in [0.2, 0.25) is 0 Å². The van der Waals surface area contributed by atoms with E-state index < -0.39 is 0 Å². The Morgan fingerprint density at radius 3 is 2.40 bits per heavy atom. The van der Waals surface area contributed by atoms with Crippen LogP contribution in [0.3, 0.4) is 0 Å². The van der Waals surface area contributed by atoms with Gasteiger partial charge in [0.25, 0.3) is 0 Å². The maximum Gasteiger partial charge on any atom is 0.236 e. The molecule has 0 saturated carbocycles. The van der Waals surface area contributed by atoms with Crippen molar-refractivity contribution in [3.63, 3.8) is 0 Å². The van der Waals surface area contributed by atoms with E-state index in [2.05, 4.69) is 9.80 Å². The Hall–Kier alpha value is -2.35. The number of hydrogen-bond donors (Lipinski definition) is 0. The van der Waals surface area contributed by atoms with Crippen molar-refractivity contribution in [3.8, 4) is 0 Å². The predicted molar refractivity (Wildman–Crippen MR) is 110 cm³/mol. The van der Waals surface area contributed by atoms with Gasteiger partial charge in [-0.25, -0.2) is 8.78 Å². The van der Waals surface area contributed by atoms with Gasteiger partial charge in [0.2, 0.25) is 5.91 Å². The van der Waals surface area contributed by atoms with Crippen molar-refractivity contribution in [1.29, 1.82) is 0 Å². The first-order chi connectivity index (χ1) is 14.6. The van der Waals surface area contributed by atoms with Crippen molar-refractivity contribution < 1.29 is 18.3 Å². The second-order valence-electron chi connectivity index (χ2n) is 7.89. The lowest BCUT2D eigenvalue weighted by Gasteiger charge is -2.37. The van der Waals surface area contributed by atoms with Crippen molar-refractivity contribution in [2.45, 2.75) is 12.6 Å². The van der Waals surface area contributed by atoms with Crippen LogP contribution in [0.4, 0.5) is 8.78 Å². The first-order valence-electron chi connectivity index (χ1n) is 10.4. The first-order valence-corrected chi connectivity index (χ1v) is 10.4. The molecule has 160 valence electrons. The Morgan fingerprint density at radius 2 is 1.67 bits per heavy atom. The zero-order valence-corrected chi connectivity index (χ0v) is 17.0. The van der Waals surface area contributed by atoms with Gasteiger partial charge in [0, 0.05) is 51.4 Å². The molecule has 1 amide bonds. The highest BCUT2D eigenvalue weighted by atomic mass is 19.1. The van der Waals surface area contributed by atoms with Gasteiger partial charge in [-0.1, -0.05) is 30.3 Å². The van der Waals surface area contributed by atoms with E-state index in [9.17, 15) is 13.6 Å². The minimum Gasteiger partial charge on any atom is -0.371 e. The van der Waals surface area contributed by atoms with Crippen LogP contribution >= 0.6 is 0 Å². The van der Waals surface area contributed by atoms with Gasteiger partial charge in [-0.05, 0) is 23.8 Å². The summed E-state index contributed by atoms with van der Waals surface area (Å²) in [7, 11) is 0. The molecular formula is C23H27F2N3O2. The molecule has 0 spiro atoms. The van der Waals surface area contributed by atoms with Gasteiger partial charge in [-0.15, -0.1) is 0 Å². The minimum atomic E-state index is -0.268. The Kier molecular flexibility index (Phi) is 6.72. The summed E-state index contributed by atoms with van der Waals surface area (Å²) in [6, 6.07) is 13.2. The molecule has 0 bridgehead atoms. The second-order valence-corrected chi connectivity index (χ2v) is 7.89. The van der Waals surface area contributed by atoms with Crippen LogP contribution in [0.1, 0.15) is 17.2 Å². The maximum absolute atomic E-state index is 13.9. The standard InChI is InChI=1S/C23H27F2N3O2/c24-20-7-5-18(6-8-20)22-16-27(13-14-30-22)17-23(29)28-11-9-26(10-12-28)15-19-3-1-2-4-21(19)25/h1-8,22H,9-17H2. The smallest absolute Gasteiger partial charge is 0.236 e. The van der Waals surface area contributed by atoms with E-state index in [-0.39, 0.29) is 23.6 Å². The van der Waals surface area contributed by atoms with Crippen molar-refractivity contribution in [3.05, 3.63) is 71.3 Å². The average molecular weight is 415 g/mol. The summed E-state index contributed by atoms with van der Waals surface area (Å²) in [6.45, 7) is 5.57. The number of amides is 1. The molecule has 2 aliphatic heterocycles. The van der Waals surface area contributed by atoms with E-state index in [4.69, 9.17) is 4.74 Å². The fourth-order valence-electron chi connectivity index (χ4n) is 4.04. The van der Waals surface area contributed by atoms with Crippen molar-refractivity contribution in [1.82, 2.24) is 14.7 Å². The summed E-state index contributed by atoms with van der Waals surface area (Å²) in [5.74, 6) is -0.338. The van der Waals surface area contributed by atoms with Gasteiger partial charge in [-0.2, -0.15) is 0 Å². The number of halogens is 2. The Labute approximate surface area is 175 Å². The minimum absolute atomic E-state index is 0.111. The van der Waals surface area contributed by atoms with Gasteiger partial charge in [-0.3, -0.25) is 14.6 Å². The molecule has 2 aromatic carbocycles. The SMILES string of the molecule is O=C(CN1CCOC(c2ccc(F)cc2)C1)N1CCN(Cc2ccccc2F)CC1. The number of carbonyl (C=O) groups excluding carboxylic acids is 1. The fraction of sp³-hybridized carbons (Fsp3) is 0.435. The number of carbonyl (C=O) groups is 1. The lowest BCUT2D eigenvalue weighted by molar-refractivity contribution is -0.136. The van der Waals surface area contributed by atoms with Gasteiger partial charge in [0.15, 0.2) is 0 Å². The third-order valence-corrected chi connectivity index (χ3v) is 5.83. The van der Waals surface area contributed by atoms with Crippen molar-refractivity contribution in [2.24, 2.45) is 0 Å². The number of morpholine rings is 1.